The first-order valence-electron chi connectivity index (χ1n) is 10.5. The van der Waals surface area contributed by atoms with Crippen molar-refractivity contribution in [2.24, 2.45) is 5.92 Å². The summed E-state index contributed by atoms with van der Waals surface area (Å²) in [4.78, 5) is 8.39. The third kappa shape index (κ3) is 4.17. The van der Waals surface area contributed by atoms with Gasteiger partial charge in [-0.1, -0.05) is 24.8 Å². The highest BCUT2D eigenvalue weighted by Gasteiger charge is 2.33. The highest BCUT2D eigenvalue weighted by atomic mass is 32.1. The number of alkyl halides is 3. The number of benzene rings is 2. The minimum absolute atomic E-state index is 0.346. The summed E-state index contributed by atoms with van der Waals surface area (Å²) in [7, 11) is 0. The van der Waals surface area contributed by atoms with Crippen molar-refractivity contribution < 1.29 is 13.2 Å². The zero-order valence-corrected chi connectivity index (χ0v) is 18.1. The number of hydrogen-bond acceptors (Lipinski definition) is 3. The molecule has 1 aliphatic carbocycles. The first-order valence-corrected chi connectivity index (χ1v) is 11.4. The Morgan fingerprint density at radius 1 is 1.16 bits per heavy atom. The van der Waals surface area contributed by atoms with E-state index in [4.69, 9.17) is 0 Å². The largest absolute Gasteiger partial charge is 0.416 e. The van der Waals surface area contributed by atoms with Crippen LogP contribution in [0.25, 0.3) is 16.6 Å². The normalized spacial score (nSPS) is 18.5. The van der Waals surface area contributed by atoms with E-state index in [1.165, 1.54) is 17.7 Å². The van der Waals surface area contributed by atoms with Crippen molar-refractivity contribution in [3.63, 3.8) is 0 Å². The average Bonchev–Trinajstić information content (AvgIpc) is 3.40. The summed E-state index contributed by atoms with van der Waals surface area (Å²) in [5, 5.41) is 4.50. The second kappa shape index (κ2) is 8.13. The number of rotatable bonds is 6. The minimum atomic E-state index is -4.28. The van der Waals surface area contributed by atoms with Gasteiger partial charge in [0.25, 0.3) is 0 Å². The summed E-state index contributed by atoms with van der Waals surface area (Å²) in [5.41, 5.74) is 6.33. The molecule has 0 saturated heterocycles. The van der Waals surface area contributed by atoms with Crippen molar-refractivity contribution in [2.45, 2.75) is 31.4 Å². The monoisotopic (exact) mass is 453 g/mol. The van der Waals surface area contributed by atoms with Crippen LogP contribution in [0.3, 0.4) is 0 Å². The highest BCUT2D eigenvalue weighted by molar-refractivity contribution is 7.10. The van der Waals surface area contributed by atoms with Crippen molar-refractivity contribution in [1.82, 2.24) is 9.97 Å². The maximum atomic E-state index is 12.8. The van der Waals surface area contributed by atoms with Crippen molar-refractivity contribution in [3.05, 3.63) is 88.5 Å². The van der Waals surface area contributed by atoms with Gasteiger partial charge < -0.3 is 10.3 Å². The molecule has 0 radical (unpaired) electrons. The predicted octanol–water partition coefficient (Wildman–Crippen LogP) is 7.46. The van der Waals surface area contributed by atoms with Crippen LogP contribution in [-0.4, -0.2) is 9.97 Å². The summed E-state index contributed by atoms with van der Waals surface area (Å²) < 4.78 is 38.3. The predicted molar refractivity (Wildman–Crippen MR) is 124 cm³/mol. The van der Waals surface area contributed by atoms with Crippen molar-refractivity contribution >= 4 is 33.6 Å². The Balaban J connectivity index is 1.23. The van der Waals surface area contributed by atoms with Crippen LogP contribution in [0.1, 0.15) is 40.3 Å². The Hall–Kier alpha value is -3.06. The molecule has 2 aromatic carbocycles. The zero-order valence-electron chi connectivity index (χ0n) is 17.2. The molecule has 0 aliphatic heterocycles. The van der Waals surface area contributed by atoms with Crippen LogP contribution in [0.2, 0.25) is 0 Å². The van der Waals surface area contributed by atoms with Gasteiger partial charge in [-0.2, -0.15) is 13.2 Å². The fourth-order valence-electron chi connectivity index (χ4n) is 4.44. The maximum Gasteiger partial charge on any atom is 0.416 e. The lowest BCUT2D eigenvalue weighted by molar-refractivity contribution is -0.137. The molecule has 164 valence electrons. The van der Waals surface area contributed by atoms with E-state index >= 15 is 0 Å². The van der Waals surface area contributed by atoms with Crippen molar-refractivity contribution in [1.29, 1.82) is 0 Å². The summed E-state index contributed by atoms with van der Waals surface area (Å²) in [5.74, 6) is 0.889. The molecule has 0 atom stereocenters. The maximum absolute atomic E-state index is 12.8. The Labute approximate surface area is 188 Å². The van der Waals surface area contributed by atoms with Gasteiger partial charge in [0, 0.05) is 23.3 Å². The number of nitrogens with zero attached hydrogens (tertiary/aromatic N) is 1. The number of thiazole rings is 1. The molecule has 1 aliphatic rings. The third-order valence-electron chi connectivity index (χ3n) is 6.23. The van der Waals surface area contributed by atoms with E-state index in [0.717, 1.165) is 52.0 Å². The van der Waals surface area contributed by atoms with Crippen LogP contribution >= 0.6 is 11.3 Å². The summed E-state index contributed by atoms with van der Waals surface area (Å²) in [6, 6.07) is 12.1. The molecule has 1 fully saturated rings. The first kappa shape index (κ1) is 20.8. The Morgan fingerprint density at radius 2 is 1.94 bits per heavy atom. The van der Waals surface area contributed by atoms with E-state index in [-0.39, 0.29) is 0 Å². The number of nitrogens with one attached hydrogen (secondary N) is 2. The van der Waals surface area contributed by atoms with E-state index in [1.54, 1.807) is 35.2 Å². The van der Waals surface area contributed by atoms with Gasteiger partial charge in [0.1, 0.15) is 0 Å². The number of aromatic nitrogens is 2. The number of aromatic amines is 1. The van der Waals surface area contributed by atoms with Gasteiger partial charge in [-0.15, -0.1) is 11.3 Å². The van der Waals surface area contributed by atoms with E-state index < -0.39 is 11.7 Å². The van der Waals surface area contributed by atoms with Gasteiger partial charge >= 0.3 is 6.18 Å². The molecule has 1 saturated carbocycles. The van der Waals surface area contributed by atoms with Crippen LogP contribution in [0, 0.1) is 5.92 Å². The van der Waals surface area contributed by atoms with Gasteiger partial charge in [-0.3, -0.25) is 4.98 Å². The van der Waals surface area contributed by atoms with E-state index in [1.807, 2.05) is 6.20 Å². The Morgan fingerprint density at radius 3 is 2.62 bits per heavy atom. The Kier molecular flexibility index (Phi) is 5.29. The number of H-pyrrole nitrogens is 1. The molecule has 0 unspecified atom stereocenters. The van der Waals surface area contributed by atoms with Crippen molar-refractivity contribution in [3.8, 4) is 0 Å². The summed E-state index contributed by atoms with van der Waals surface area (Å²) in [6.07, 6.45) is 2.44. The number of halogens is 3. The van der Waals surface area contributed by atoms with Gasteiger partial charge in [0.2, 0.25) is 0 Å². The van der Waals surface area contributed by atoms with E-state index in [2.05, 4.69) is 40.1 Å². The molecule has 0 bridgehead atoms. The molecule has 2 heterocycles. The van der Waals surface area contributed by atoms with Crippen molar-refractivity contribution in [2.75, 3.05) is 5.32 Å². The van der Waals surface area contributed by atoms with Crippen LogP contribution in [0.4, 0.5) is 18.9 Å². The molecule has 32 heavy (non-hydrogen) atoms. The fourth-order valence-corrected chi connectivity index (χ4v) is 4.99. The van der Waals surface area contributed by atoms with Crippen LogP contribution in [-0.2, 0) is 12.6 Å². The average molecular weight is 454 g/mol. The second-order valence-corrected chi connectivity index (χ2v) is 9.30. The molecule has 3 nitrogen and oxygen atoms in total. The molecule has 0 amide bonds. The van der Waals surface area contributed by atoms with Gasteiger partial charge in [0.05, 0.1) is 27.3 Å². The van der Waals surface area contributed by atoms with E-state index in [0.29, 0.717) is 11.8 Å². The number of anilines is 1. The molecular formula is C25H22F3N3S. The minimum Gasteiger partial charge on any atom is -0.359 e. The number of hydrogen-bond donors (Lipinski definition) is 2. The van der Waals surface area contributed by atoms with Gasteiger partial charge in [-0.25, -0.2) is 0 Å². The standard InChI is InChI=1S/C25H22F3N3S/c1-15(24-13-29-14-32-24)31-23-12-30-22-7-2-16(11-21(22)23)8-17-9-19(10-17)18-3-5-20(6-4-18)25(26,27)28/h2-7,11-14,17,19,30-31H,1,8-10H2. The van der Waals surface area contributed by atoms with Crippen LogP contribution in [0.5, 0.6) is 0 Å². The lowest BCUT2D eigenvalue weighted by atomic mass is 9.69. The van der Waals surface area contributed by atoms with Crippen LogP contribution < -0.4 is 5.32 Å². The SMILES string of the molecule is C=C(Nc1c[nH]c2ccc(CC3CC(c4ccc(C(F)(F)F)cc4)C3)cc12)c1cncs1. The lowest BCUT2D eigenvalue weighted by Crippen LogP contribution is -2.23. The highest BCUT2D eigenvalue weighted by Crippen LogP contribution is 2.44. The second-order valence-electron chi connectivity index (χ2n) is 8.41. The van der Waals surface area contributed by atoms with Gasteiger partial charge in [0.15, 0.2) is 0 Å². The molecular weight excluding hydrogens is 431 g/mol. The number of fused-ring (bicyclic) bond motifs is 1. The molecule has 2 aromatic heterocycles. The molecule has 5 rings (SSSR count). The molecule has 4 aromatic rings. The van der Waals surface area contributed by atoms with E-state index in [9.17, 15) is 13.2 Å². The zero-order chi connectivity index (χ0) is 22.3. The first-order chi connectivity index (χ1) is 15.4. The molecule has 2 N–H and O–H groups in total. The Bertz CT molecular complexity index is 1230. The molecule has 7 heteroatoms. The molecule has 0 spiro atoms. The summed E-state index contributed by atoms with van der Waals surface area (Å²) >= 11 is 1.54. The third-order valence-corrected chi connectivity index (χ3v) is 7.06. The quantitative estimate of drug-likeness (QED) is 0.318. The summed E-state index contributed by atoms with van der Waals surface area (Å²) in [6.45, 7) is 4.11. The fraction of sp³-hybridized carbons (Fsp3) is 0.240. The smallest absolute Gasteiger partial charge is 0.359 e. The van der Waals surface area contributed by atoms with Crippen LogP contribution in [0.15, 0.2) is 66.9 Å². The lowest BCUT2D eigenvalue weighted by Gasteiger charge is -2.36. The topological polar surface area (TPSA) is 40.7 Å². The van der Waals surface area contributed by atoms with Gasteiger partial charge in [-0.05, 0) is 66.5 Å².